The average Bonchev–Trinajstić information content (AvgIpc) is 2.48. The van der Waals surface area contributed by atoms with Crippen LogP contribution in [0, 0.1) is 0 Å². The highest BCUT2D eigenvalue weighted by molar-refractivity contribution is 6.57. The summed E-state index contributed by atoms with van der Waals surface area (Å²) in [5.74, 6) is -2.83. The lowest BCUT2D eigenvalue weighted by Crippen LogP contribution is -2.46. The molecule has 88 valence electrons. The van der Waals surface area contributed by atoms with Gasteiger partial charge in [-0.1, -0.05) is 41.4 Å². The second kappa shape index (κ2) is 4.01. The Morgan fingerprint density at radius 1 is 1.18 bits per heavy atom. The average molecular weight is 273 g/mol. The van der Waals surface area contributed by atoms with Gasteiger partial charge in [0.1, 0.15) is 0 Å². The summed E-state index contributed by atoms with van der Waals surface area (Å²) in [6.45, 7) is 0. The van der Waals surface area contributed by atoms with Crippen molar-refractivity contribution >= 4 is 40.9 Å². The fraction of sp³-hybridized carbons (Fsp3) is 0.100. The Hall–Kier alpha value is -1.59. The number of carbonyl (C=O) groups excluding carboxylic acids is 3. The van der Waals surface area contributed by atoms with Gasteiger partial charge < -0.3 is 0 Å². The third kappa shape index (κ3) is 1.99. The number of hydrogen-bond donors (Lipinski definition) is 1. The van der Waals surface area contributed by atoms with Crippen LogP contribution in [-0.2, 0) is 9.59 Å². The quantitative estimate of drug-likeness (QED) is 0.357. The molecular formula is C10H6Cl2N2O3. The molecule has 0 bridgehead atoms. The standard InChI is InChI=1S/C10H6Cl2N2O3/c11-10(12)13-7(15)9(17)14(10)8(16)6-4-2-1-3-5-6/h1-5H,(H,13,15). The molecule has 1 saturated heterocycles. The van der Waals surface area contributed by atoms with Crippen molar-refractivity contribution in [1.29, 1.82) is 0 Å². The van der Waals surface area contributed by atoms with Crippen LogP contribution in [0.2, 0.25) is 0 Å². The molecule has 1 aromatic rings. The molecule has 0 unspecified atom stereocenters. The maximum Gasteiger partial charge on any atom is 0.322 e. The number of rotatable bonds is 1. The first-order valence-electron chi connectivity index (χ1n) is 4.57. The zero-order valence-electron chi connectivity index (χ0n) is 8.31. The van der Waals surface area contributed by atoms with E-state index in [2.05, 4.69) is 0 Å². The van der Waals surface area contributed by atoms with Crippen molar-refractivity contribution in [3.8, 4) is 0 Å². The minimum atomic E-state index is -2.04. The van der Waals surface area contributed by atoms with Crippen molar-refractivity contribution in [2.24, 2.45) is 0 Å². The van der Waals surface area contributed by atoms with Crippen LogP contribution >= 0.6 is 23.2 Å². The number of amides is 3. The molecule has 0 aromatic heterocycles. The van der Waals surface area contributed by atoms with Crippen molar-refractivity contribution < 1.29 is 14.4 Å². The van der Waals surface area contributed by atoms with Gasteiger partial charge in [0, 0.05) is 5.56 Å². The van der Waals surface area contributed by atoms with Gasteiger partial charge in [-0.05, 0) is 12.1 Å². The Kier molecular flexibility index (Phi) is 2.81. The van der Waals surface area contributed by atoms with Gasteiger partial charge in [0.15, 0.2) is 0 Å². The number of nitrogens with zero attached hydrogens (tertiary/aromatic N) is 1. The summed E-state index contributed by atoms with van der Waals surface area (Å²) in [6.07, 6.45) is 0. The molecule has 1 N–H and O–H groups in total. The molecule has 1 aliphatic rings. The van der Waals surface area contributed by atoms with E-state index in [4.69, 9.17) is 23.2 Å². The van der Waals surface area contributed by atoms with Gasteiger partial charge in [0.05, 0.1) is 0 Å². The van der Waals surface area contributed by atoms with E-state index in [0.717, 1.165) is 0 Å². The molecule has 0 radical (unpaired) electrons. The summed E-state index contributed by atoms with van der Waals surface area (Å²) >= 11 is 11.4. The van der Waals surface area contributed by atoms with Crippen LogP contribution in [0.4, 0.5) is 0 Å². The molecular weight excluding hydrogens is 267 g/mol. The fourth-order valence-electron chi connectivity index (χ4n) is 1.40. The van der Waals surface area contributed by atoms with Crippen molar-refractivity contribution in [3.63, 3.8) is 0 Å². The summed E-state index contributed by atoms with van der Waals surface area (Å²) < 4.78 is -2.04. The minimum Gasteiger partial charge on any atom is -0.299 e. The van der Waals surface area contributed by atoms with Gasteiger partial charge >= 0.3 is 11.8 Å². The molecule has 0 saturated carbocycles. The van der Waals surface area contributed by atoms with Crippen molar-refractivity contribution in [2.45, 2.75) is 4.58 Å². The predicted octanol–water partition coefficient (Wildman–Crippen LogP) is 0.874. The topological polar surface area (TPSA) is 66.5 Å². The van der Waals surface area contributed by atoms with Gasteiger partial charge in [-0.15, -0.1) is 0 Å². The van der Waals surface area contributed by atoms with E-state index in [1.165, 1.54) is 12.1 Å². The summed E-state index contributed by atoms with van der Waals surface area (Å²) in [6, 6.07) is 7.92. The number of halogens is 2. The number of nitrogens with one attached hydrogen (secondary N) is 1. The number of hydrogen-bond acceptors (Lipinski definition) is 3. The first kappa shape index (κ1) is 11.9. The van der Waals surface area contributed by atoms with Crippen molar-refractivity contribution in [2.75, 3.05) is 0 Å². The van der Waals surface area contributed by atoms with Crippen LogP contribution in [0.25, 0.3) is 0 Å². The molecule has 17 heavy (non-hydrogen) atoms. The normalized spacial score (nSPS) is 18.1. The monoisotopic (exact) mass is 272 g/mol. The van der Waals surface area contributed by atoms with E-state index in [1.54, 1.807) is 18.2 Å². The third-order valence-corrected chi connectivity index (χ3v) is 2.69. The van der Waals surface area contributed by atoms with Crippen LogP contribution in [-0.4, -0.2) is 27.2 Å². The zero-order valence-corrected chi connectivity index (χ0v) is 9.83. The molecule has 1 aliphatic heterocycles. The first-order valence-corrected chi connectivity index (χ1v) is 5.33. The van der Waals surface area contributed by atoms with Gasteiger partial charge in [-0.3, -0.25) is 19.7 Å². The largest absolute Gasteiger partial charge is 0.322 e. The SMILES string of the molecule is O=C1NC(Cl)(Cl)N(C(=O)c2ccccc2)C1=O. The van der Waals surface area contributed by atoms with Gasteiger partial charge in [-0.25, -0.2) is 4.90 Å². The molecule has 1 heterocycles. The van der Waals surface area contributed by atoms with Crippen LogP contribution in [0.15, 0.2) is 30.3 Å². The molecule has 1 aromatic carbocycles. The second-order valence-electron chi connectivity index (χ2n) is 3.31. The smallest absolute Gasteiger partial charge is 0.299 e. The minimum absolute atomic E-state index is 0.211. The maximum absolute atomic E-state index is 12.0. The highest BCUT2D eigenvalue weighted by Gasteiger charge is 2.51. The maximum atomic E-state index is 12.0. The fourth-order valence-corrected chi connectivity index (χ4v) is 1.88. The molecule has 0 aliphatic carbocycles. The lowest BCUT2D eigenvalue weighted by Gasteiger charge is -2.23. The lowest BCUT2D eigenvalue weighted by atomic mass is 10.2. The molecule has 0 atom stereocenters. The Balaban J connectivity index is 2.38. The number of benzene rings is 1. The zero-order chi connectivity index (χ0) is 12.6. The number of carbonyl (C=O) groups is 3. The number of imide groups is 1. The highest BCUT2D eigenvalue weighted by atomic mass is 35.5. The number of alkyl halides is 2. The van der Waals surface area contributed by atoms with E-state index in [1.807, 2.05) is 5.32 Å². The van der Waals surface area contributed by atoms with Crippen LogP contribution in [0.1, 0.15) is 10.4 Å². The van der Waals surface area contributed by atoms with Gasteiger partial charge in [0.25, 0.3) is 10.5 Å². The third-order valence-electron chi connectivity index (χ3n) is 2.17. The molecule has 5 nitrogen and oxygen atoms in total. The predicted molar refractivity (Wildman–Crippen MR) is 60.2 cm³/mol. The molecule has 0 spiro atoms. The van der Waals surface area contributed by atoms with E-state index in [-0.39, 0.29) is 5.56 Å². The van der Waals surface area contributed by atoms with E-state index in [9.17, 15) is 14.4 Å². The molecule has 1 fully saturated rings. The molecule has 2 rings (SSSR count). The summed E-state index contributed by atoms with van der Waals surface area (Å²) in [5.41, 5.74) is 0.211. The highest BCUT2D eigenvalue weighted by Crippen LogP contribution is 2.29. The van der Waals surface area contributed by atoms with Crippen molar-refractivity contribution in [1.82, 2.24) is 10.2 Å². The van der Waals surface area contributed by atoms with Gasteiger partial charge in [0.2, 0.25) is 0 Å². The Morgan fingerprint density at radius 3 is 2.24 bits per heavy atom. The summed E-state index contributed by atoms with van der Waals surface area (Å²) in [5, 5.41) is 1.99. The second-order valence-corrected chi connectivity index (χ2v) is 4.59. The van der Waals surface area contributed by atoms with Crippen LogP contribution < -0.4 is 5.32 Å². The Bertz CT molecular complexity index is 502. The Labute approximate surface area is 106 Å². The van der Waals surface area contributed by atoms with Crippen LogP contribution in [0.3, 0.4) is 0 Å². The van der Waals surface area contributed by atoms with Crippen LogP contribution in [0.5, 0.6) is 0 Å². The molecule has 3 amide bonds. The van der Waals surface area contributed by atoms with E-state index >= 15 is 0 Å². The van der Waals surface area contributed by atoms with E-state index in [0.29, 0.717) is 4.90 Å². The van der Waals surface area contributed by atoms with Gasteiger partial charge in [-0.2, -0.15) is 0 Å². The summed E-state index contributed by atoms with van der Waals surface area (Å²) in [7, 11) is 0. The lowest BCUT2D eigenvalue weighted by molar-refractivity contribution is -0.139. The van der Waals surface area contributed by atoms with Crippen molar-refractivity contribution in [3.05, 3.63) is 35.9 Å². The molecule has 7 heteroatoms. The first-order chi connectivity index (χ1) is 7.93. The van der Waals surface area contributed by atoms with E-state index < -0.39 is 22.3 Å². The Morgan fingerprint density at radius 2 is 1.76 bits per heavy atom. The summed E-state index contributed by atoms with van der Waals surface area (Å²) in [4.78, 5) is 35.0.